The number of hydrogen-bond donors (Lipinski definition) is 0. The standard InChI is InChI=1S/C15H13IN2O/c1-19-15(11-5-3-2-4-6-11)13-9-17-14-8-7-12(16)10-18(13)14/h2-10,15H,1H3. The molecule has 0 fully saturated rings. The van der Waals surface area contributed by atoms with Gasteiger partial charge in [-0.05, 0) is 40.3 Å². The van der Waals surface area contributed by atoms with Gasteiger partial charge in [0, 0.05) is 16.9 Å². The lowest BCUT2D eigenvalue weighted by Gasteiger charge is -2.15. The second kappa shape index (κ2) is 5.30. The molecule has 0 aliphatic rings. The molecule has 0 N–H and O–H groups in total. The van der Waals surface area contributed by atoms with Crippen molar-refractivity contribution in [3.8, 4) is 0 Å². The van der Waals surface area contributed by atoms with Crippen LogP contribution in [-0.2, 0) is 4.74 Å². The maximum atomic E-state index is 5.67. The lowest BCUT2D eigenvalue weighted by atomic mass is 10.1. The van der Waals surface area contributed by atoms with Crippen LogP contribution in [0.1, 0.15) is 17.4 Å². The van der Waals surface area contributed by atoms with E-state index in [9.17, 15) is 0 Å². The van der Waals surface area contributed by atoms with Gasteiger partial charge in [0.05, 0.1) is 11.9 Å². The number of fused-ring (bicyclic) bond motifs is 1. The van der Waals surface area contributed by atoms with Crippen molar-refractivity contribution in [3.63, 3.8) is 0 Å². The molecule has 19 heavy (non-hydrogen) atoms. The summed E-state index contributed by atoms with van der Waals surface area (Å²) in [6, 6.07) is 14.3. The molecule has 0 aliphatic carbocycles. The Balaban J connectivity index is 2.14. The van der Waals surface area contributed by atoms with Crippen LogP contribution in [0.4, 0.5) is 0 Å². The minimum atomic E-state index is -0.102. The molecule has 0 aliphatic heterocycles. The van der Waals surface area contributed by atoms with Crippen molar-refractivity contribution in [2.45, 2.75) is 6.10 Å². The smallest absolute Gasteiger partial charge is 0.137 e. The van der Waals surface area contributed by atoms with Crippen LogP contribution in [0.3, 0.4) is 0 Å². The van der Waals surface area contributed by atoms with E-state index in [2.05, 4.69) is 56.4 Å². The number of benzene rings is 1. The van der Waals surface area contributed by atoms with Gasteiger partial charge >= 0.3 is 0 Å². The number of halogens is 1. The molecule has 2 heterocycles. The zero-order valence-corrected chi connectivity index (χ0v) is 12.6. The molecule has 2 aromatic heterocycles. The third-order valence-corrected chi connectivity index (χ3v) is 3.74. The average Bonchev–Trinajstić information content (AvgIpc) is 2.84. The third kappa shape index (κ3) is 2.37. The molecular formula is C15H13IN2O. The van der Waals surface area contributed by atoms with Crippen molar-refractivity contribution in [2.24, 2.45) is 0 Å². The normalized spacial score (nSPS) is 12.7. The average molecular weight is 364 g/mol. The second-order valence-electron chi connectivity index (χ2n) is 4.29. The Morgan fingerprint density at radius 3 is 2.68 bits per heavy atom. The van der Waals surface area contributed by atoms with E-state index >= 15 is 0 Å². The number of imidazole rings is 1. The van der Waals surface area contributed by atoms with Crippen LogP contribution in [0.25, 0.3) is 5.65 Å². The van der Waals surface area contributed by atoms with Gasteiger partial charge in [0.2, 0.25) is 0 Å². The fourth-order valence-electron chi connectivity index (χ4n) is 2.22. The third-order valence-electron chi connectivity index (χ3n) is 3.10. The van der Waals surface area contributed by atoms with Crippen LogP contribution in [0.2, 0.25) is 0 Å². The number of aromatic nitrogens is 2. The van der Waals surface area contributed by atoms with Crippen molar-refractivity contribution in [3.05, 3.63) is 69.7 Å². The summed E-state index contributed by atoms with van der Waals surface area (Å²) in [5.74, 6) is 0. The SMILES string of the molecule is COC(c1ccccc1)c1cnc2ccc(I)cn12. The van der Waals surface area contributed by atoms with Gasteiger partial charge in [0.1, 0.15) is 11.8 Å². The maximum Gasteiger partial charge on any atom is 0.137 e. The van der Waals surface area contributed by atoms with Gasteiger partial charge in [-0.3, -0.25) is 4.40 Å². The van der Waals surface area contributed by atoms with Crippen LogP contribution in [-0.4, -0.2) is 16.5 Å². The molecule has 3 rings (SSSR count). The van der Waals surface area contributed by atoms with Gasteiger partial charge in [0.15, 0.2) is 0 Å². The Kier molecular flexibility index (Phi) is 3.52. The fraction of sp³-hybridized carbons (Fsp3) is 0.133. The molecule has 1 aromatic carbocycles. The summed E-state index contributed by atoms with van der Waals surface area (Å²) in [5.41, 5.74) is 3.11. The highest BCUT2D eigenvalue weighted by Crippen LogP contribution is 2.26. The maximum absolute atomic E-state index is 5.67. The highest BCUT2D eigenvalue weighted by molar-refractivity contribution is 14.1. The fourth-order valence-corrected chi connectivity index (χ4v) is 2.68. The first-order valence-corrected chi connectivity index (χ1v) is 7.07. The minimum absolute atomic E-state index is 0.102. The highest BCUT2D eigenvalue weighted by Gasteiger charge is 2.17. The number of rotatable bonds is 3. The van der Waals surface area contributed by atoms with Crippen molar-refractivity contribution < 1.29 is 4.74 Å². The predicted molar refractivity (Wildman–Crippen MR) is 83.2 cm³/mol. The zero-order chi connectivity index (χ0) is 13.2. The van der Waals surface area contributed by atoms with Crippen molar-refractivity contribution >= 4 is 28.2 Å². The van der Waals surface area contributed by atoms with Crippen LogP contribution in [0, 0.1) is 3.57 Å². The lowest BCUT2D eigenvalue weighted by molar-refractivity contribution is 0.132. The lowest BCUT2D eigenvalue weighted by Crippen LogP contribution is -2.06. The number of ether oxygens (including phenoxy) is 1. The van der Waals surface area contributed by atoms with Gasteiger partial charge in [-0.15, -0.1) is 0 Å². The number of nitrogens with zero attached hydrogens (tertiary/aromatic N) is 2. The number of hydrogen-bond acceptors (Lipinski definition) is 2. The monoisotopic (exact) mass is 364 g/mol. The van der Waals surface area contributed by atoms with Gasteiger partial charge in [-0.1, -0.05) is 30.3 Å². The summed E-state index contributed by atoms with van der Waals surface area (Å²) in [6.07, 6.45) is 3.86. The van der Waals surface area contributed by atoms with E-state index in [4.69, 9.17) is 4.74 Å². The van der Waals surface area contributed by atoms with Gasteiger partial charge in [0.25, 0.3) is 0 Å². The predicted octanol–water partition coefficient (Wildman–Crippen LogP) is 3.67. The Morgan fingerprint density at radius 1 is 1.16 bits per heavy atom. The molecule has 0 radical (unpaired) electrons. The van der Waals surface area contributed by atoms with Crippen LogP contribution < -0.4 is 0 Å². The molecule has 0 saturated heterocycles. The molecule has 0 spiro atoms. The number of methoxy groups -OCH3 is 1. The Labute approximate surface area is 125 Å². The van der Waals surface area contributed by atoms with Crippen LogP contribution in [0.15, 0.2) is 54.9 Å². The number of pyridine rings is 1. The molecular weight excluding hydrogens is 351 g/mol. The van der Waals surface area contributed by atoms with E-state index in [-0.39, 0.29) is 6.10 Å². The quantitative estimate of drug-likeness (QED) is 0.663. The molecule has 3 aromatic rings. The van der Waals surface area contributed by atoms with Gasteiger partial charge < -0.3 is 4.74 Å². The topological polar surface area (TPSA) is 26.5 Å². The van der Waals surface area contributed by atoms with Crippen LogP contribution in [0.5, 0.6) is 0 Å². The second-order valence-corrected chi connectivity index (χ2v) is 5.53. The Morgan fingerprint density at radius 2 is 1.95 bits per heavy atom. The summed E-state index contributed by atoms with van der Waals surface area (Å²) in [7, 11) is 1.73. The van der Waals surface area contributed by atoms with Crippen molar-refractivity contribution in [1.82, 2.24) is 9.38 Å². The van der Waals surface area contributed by atoms with Crippen LogP contribution >= 0.6 is 22.6 Å². The molecule has 4 heteroatoms. The molecule has 0 bridgehead atoms. The Hall–Kier alpha value is -1.40. The van der Waals surface area contributed by atoms with Crippen molar-refractivity contribution in [1.29, 1.82) is 0 Å². The first-order chi connectivity index (χ1) is 9.29. The molecule has 96 valence electrons. The van der Waals surface area contributed by atoms with Gasteiger partial charge in [-0.2, -0.15) is 0 Å². The van der Waals surface area contributed by atoms with E-state index in [1.807, 2.05) is 30.5 Å². The van der Waals surface area contributed by atoms with E-state index in [1.165, 1.54) is 3.57 Å². The summed E-state index contributed by atoms with van der Waals surface area (Å²) >= 11 is 2.30. The van der Waals surface area contributed by atoms with E-state index in [0.29, 0.717) is 0 Å². The summed E-state index contributed by atoms with van der Waals surface area (Å²) in [4.78, 5) is 4.43. The first-order valence-electron chi connectivity index (χ1n) is 6.00. The molecule has 3 nitrogen and oxygen atoms in total. The largest absolute Gasteiger partial charge is 0.370 e. The van der Waals surface area contributed by atoms with E-state index < -0.39 is 0 Å². The molecule has 1 atom stereocenters. The first kappa shape index (κ1) is 12.6. The highest BCUT2D eigenvalue weighted by atomic mass is 127. The zero-order valence-electron chi connectivity index (χ0n) is 10.5. The van der Waals surface area contributed by atoms with Crippen molar-refractivity contribution in [2.75, 3.05) is 7.11 Å². The van der Waals surface area contributed by atoms with E-state index in [0.717, 1.165) is 16.9 Å². The Bertz CT molecular complexity index is 694. The van der Waals surface area contributed by atoms with Gasteiger partial charge in [-0.25, -0.2) is 4.98 Å². The molecule has 1 unspecified atom stereocenters. The minimum Gasteiger partial charge on any atom is -0.370 e. The summed E-state index contributed by atoms with van der Waals surface area (Å²) < 4.78 is 8.93. The summed E-state index contributed by atoms with van der Waals surface area (Å²) in [6.45, 7) is 0. The van der Waals surface area contributed by atoms with E-state index in [1.54, 1.807) is 7.11 Å². The molecule has 0 amide bonds. The molecule has 0 saturated carbocycles. The summed E-state index contributed by atoms with van der Waals surface area (Å²) in [5, 5.41) is 0.